The number of amides is 1. The maximum absolute atomic E-state index is 13.2. The minimum Gasteiger partial charge on any atom is -0.507 e. The van der Waals surface area contributed by atoms with Crippen molar-refractivity contribution >= 4 is 29.1 Å². The standard InChI is InChI=1S/C28H26N2O6/c1-4-35-22-13-9-18(10-14-22)25(31)23-24(20-6-5-15-29-16-20)30(27(33)26(23)32)21-11-7-19(8-12-21)28(34)36-17(2)3/h5-17,24,31H,4H2,1-3H3/b25-23+. The highest BCUT2D eigenvalue weighted by atomic mass is 16.5. The summed E-state index contributed by atoms with van der Waals surface area (Å²) in [7, 11) is 0. The third kappa shape index (κ3) is 4.84. The van der Waals surface area contributed by atoms with E-state index in [0.717, 1.165) is 0 Å². The first kappa shape index (κ1) is 24.7. The molecular weight excluding hydrogens is 460 g/mol. The van der Waals surface area contributed by atoms with Gasteiger partial charge < -0.3 is 14.6 Å². The number of aliphatic hydroxyl groups is 1. The quantitative estimate of drug-likeness (QED) is 0.224. The minimum atomic E-state index is -0.918. The van der Waals surface area contributed by atoms with Crippen LogP contribution in [0.3, 0.4) is 0 Å². The molecule has 0 radical (unpaired) electrons. The van der Waals surface area contributed by atoms with E-state index in [1.807, 2.05) is 6.92 Å². The molecule has 8 heteroatoms. The molecule has 0 spiro atoms. The molecule has 4 rings (SSSR count). The van der Waals surface area contributed by atoms with Crippen LogP contribution in [0.25, 0.3) is 5.76 Å². The molecular formula is C28H26N2O6. The van der Waals surface area contributed by atoms with Crippen LogP contribution in [-0.2, 0) is 14.3 Å². The lowest BCUT2D eigenvalue weighted by Gasteiger charge is -2.25. The van der Waals surface area contributed by atoms with E-state index in [-0.39, 0.29) is 17.4 Å². The monoisotopic (exact) mass is 486 g/mol. The summed E-state index contributed by atoms with van der Waals surface area (Å²) in [5.41, 5.74) is 1.57. The third-order valence-electron chi connectivity index (χ3n) is 5.61. The summed E-state index contributed by atoms with van der Waals surface area (Å²) in [6.45, 7) is 5.86. The van der Waals surface area contributed by atoms with E-state index in [0.29, 0.717) is 34.7 Å². The van der Waals surface area contributed by atoms with E-state index in [1.54, 1.807) is 74.8 Å². The Balaban J connectivity index is 1.79. The number of benzene rings is 2. The van der Waals surface area contributed by atoms with E-state index in [4.69, 9.17) is 9.47 Å². The zero-order valence-electron chi connectivity index (χ0n) is 20.2. The highest BCUT2D eigenvalue weighted by Crippen LogP contribution is 2.42. The van der Waals surface area contributed by atoms with Gasteiger partial charge in [-0.3, -0.25) is 19.5 Å². The second-order valence-electron chi connectivity index (χ2n) is 8.41. The van der Waals surface area contributed by atoms with Gasteiger partial charge in [-0.05, 0) is 80.9 Å². The molecule has 1 N–H and O–H groups in total. The van der Waals surface area contributed by atoms with Crippen molar-refractivity contribution in [3.63, 3.8) is 0 Å². The summed E-state index contributed by atoms with van der Waals surface area (Å²) in [4.78, 5) is 44.1. The first-order chi connectivity index (χ1) is 17.3. The number of nitrogens with zero attached hydrogens (tertiary/aromatic N) is 2. The minimum absolute atomic E-state index is 0.0551. The molecule has 0 saturated carbocycles. The van der Waals surface area contributed by atoms with Gasteiger partial charge in [0.05, 0.1) is 29.9 Å². The summed E-state index contributed by atoms with van der Waals surface area (Å²) in [6, 6.07) is 15.3. The van der Waals surface area contributed by atoms with Crippen LogP contribution in [0.2, 0.25) is 0 Å². The Morgan fingerprint density at radius 3 is 2.28 bits per heavy atom. The molecule has 36 heavy (non-hydrogen) atoms. The number of hydrogen-bond acceptors (Lipinski definition) is 7. The van der Waals surface area contributed by atoms with Crippen molar-refractivity contribution in [3.05, 3.63) is 95.3 Å². The highest BCUT2D eigenvalue weighted by Gasteiger charge is 2.47. The maximum Gasteiger partial charge on any atom is 0.338 e. The summed E-state index contributed by atoms with van der Waals surface area (Å²) in [5, 5.41) is 11.2. The fourth-order valence-corrected chi connectivity index (χ4v) is 4.02. The van der Waals surface area contributed by atoms with Crippen LogP contribution in [0, 0.1) is 0 Å². The maximum atomic E-state index is 13.2. The number of carbonyl (C=O) groups is 3. The summed E-state index contributed by atoms with van der Waals surface area (Å²) < 4.78 is 10.7. The number of esters is 1. The number of rotatable bonds is 7. The SMILES string of the molecule is CCOc1ccc(/C(O)=C2\C(=O)C(=O)N(c3ccc(C(=O)OC(C)C)cc3)C2c2cccnc2)cc1. The Hall–Kier alpha value is -4.46. The van der Waals surface area contributed by atoms with Gasteiger partial charge in [0.1, 0.15) is 11.5 Å². The fourth-order valence-electron chi connectivity index (χ4n) is 4.02. The van der Waals surface area contributed by atoms with Crippen LogP contribution in [0.1, 0.15) is 48.3 Å². The van der Waals surface area contributed by atoms with Crippen LogP contribution in [0.4, 0.5) is 5.69 Å². The molecule has 1 fully saturated rings. The highest BCUT2D eigenvalue weighted by molar-refractivity contribution is 6.51. The Bertz CT molecular complexity index is 1300. The first-order valence-corrected chi connectivity index (χ1v) is 11.6. The number of anilines is 1. The van der Waals surface area contributed by atoms with Crippen molar-refractivity contribution in [2.24, 2.45) is 0 Å². The largest absolute Gasteiger partial charge is 0.507 e. The molecule has 1 aliphatic heterocycles. The number of carbonyl (C=O) groups excluding carboxylic acids is 3. The molecule has 0 bridgehead atoms. The average molecular weight is 487 g/mol. The van der Waals surface area contributed by atoms with E-state index in [2.05, 4.69) is 4.98 Å². The lowest BCUT2D eigenvalue weighted by Crippen LogP contribution is -2.29. The normalized spacial score (nSPS) is 16.9. The van der Waals surface area contributed by atoms with Crippen LogP contribution < -0.4 is 9.64 Å². The number of aromatic nitrogens is 1. The van der Waals surface area contributed by atoms with Crippen molar-refractivity contribution in [3.8, 4) is 5.75 Å². The van der Waals surface area contributed by atoms with Crippen LogP contribution in [-0.4, -0.2) is 40.5 Å². The van der Waals surface area contributed by atoms with Crippen molar-refractivity contribution in [1.82, 2.24) is 4.98 Å². The Morgan fingerprint density at radius 1 is 1.03 bits per heavy atom. The molecule has 0 aliphatic carbocycles. The van der Waals surface area contributed by atoms with E-state index in [9.17, 15) is 19.5 Å². The van der Waals surface area contributed by atoms with Gasteiger partial charge in [-0.1, -0.05) is 6.07 Å². The van der Waals surface area contributed by atoms with E-state index in [1.165, 1.54) is 17.0 Å². The zero-order valence-corrected chi connectivity index (χ0v) is 20.2. The van der Waals surface area contributed by atoms with Crippen LogP contribution in [0.15, 0.2) is 78.6 Å². The molecule has 1 unspecified atom stereocenters. The van der Waals surface area contributed by atoms with Crippen molar-refractivity contribution in [2.45, 2.75) is 32.9 Å². The number of ether oxygens (including phenoxy) is 2. The van der Waals surface area contributed by atoms with Crippen molar-refractivity contribution in [2.75, 3.05) is 11.5 Å². The molecule has 1 saturated heterocycles. The number of aliphatic hydroxyl groups excluding tert-OH is 1. The Labute approximate surface area is 208 Å². The number of hydrogen-bond donors (Lipinski definition) is 1. The second kappa shape index (κ2) is 10.4. The van der Waals surface area contributed by atoms with Crippen LogP contribution in [0.5, 0.6) is 5.75 Å². The van der Waals surface area contributed by atoms with Gasteiger partial charge in [0.25, 0.3) is 11.7 Å². The predicted octanol–water partition coefficient (Wildman–Crippen LogP) is 4.67. The van der Waals surface area contributed by atoms with Gasteiger partial charge in [0.2, 0.25) is 0 Å². The molecule has 184 valence electrons. The molecule has 1 aliphatic rings. The molecule has 1 aromatic heterocycles. The lowest BCUT2D eigenvalue weighted by atomic mass is 9.96. The topological polar surface area (TPSA) is 106 Å². The molecule has 2 aromatic carbocycles. The number of pyridine rings is 1. The Morgan fingerprint density at radius 2 is 1.69 bits per heavy atom. The van der Waals surface area contributed by atoms with E-state index >= 15 is 0 Å². The average Bonchev–Trinajstić information content (AvgIpc) is 3.15. The molecule has 1 atom stereocenters. The summed E-state index contributed by atoms with van der Waals surface area (Å²) >= 11 is 0. The van der Waals surface area contributed by atoms with E-state index < -0.39 is 23.7 Å². The van der Waals surface area contributed by atoms with Crippen LogP contribution >= 0.6 is 0 Å². The van der Waals surface area contributed by atoms with Gasteiger partial charge in [-0.25, -0.2) is 4.79 Å². The van der Waals surface area contributed by atoms with Gasteiger partial charge in [-0.15, -0.1) is 0 Å². The molecule has 3 aromatic rings. The molecule has 8 nitrogen and oxygen atoms in total. The zero-order chi connectivity index (χ0) is 25.8. The number of ketones is 1. The smallest absolute Gasteiger partial charge is 0.338 e. The fraction of sp³-hybridized carbons (Fsp3) is 0.214. The molecule has 2 heterocycles. The van der Waals surface area contributed by atoms with Gasteiger partial charge in [0, 0.05) is 23.6 Å². The van der Waals surface area contributed by atoms with Crippen molar-refractivity contribution in [1.29, 1.82) is 0 Å². The van der Waals surface area contributed by atoms with Gasteiger partial charge in [0.15, 0.2) is 0 Å². The third-order valence-corrected chi connectivity index (χ3v) is 5.61. The van der Waals surface area contributed by atoms with Gasteiger partial charge in [-0.2, -0.15) is 0 Å². The Kier molecular flexibility index (Phi) is 7.15. The lowest BCUT2D eigenvalue weighted by molar-refractivity contribution is -0.132. The predicted molar refractivity (Wildman–Crippen MR) is 134 cm³/mol. The first-order valence-electron chi connectivity index (χ1n) is 11.6. The second-order valence-corrected chi connectivity index (χ2v) is 8.41. The van der Waals surface area contributed by atoms with Crippen molar-refractivity contribution < 1.29 is 29.0 Å². The summed E-state index contributed by atoms with van der Waals surface area (Å²) in [6.07, 6.45) is 2.85. The van der Waals surface area contributed by atoms with Gasteiger partial charge >= 0.3 is 5.97 Å². The summed E-state index contributed by atoms with van der Waals surface area (Å²) in [5.74, 6) is -1.79. The number of Topliss-reactive ketones (excluding diaryl/α,β-unsaturated/α-hetero) is 1. The molecule has 1 amide bonds.